The molecule has 0 N–H and O–H groups in total. The Morgan fingerprint density at radius 1 is 1.05 bits per heavy atom. The van der Waals surface area contributed by atoms with Crippen LogP contribution in [0.25, 0.3) is 0 Å². The van der Waals surface area contributed by atoms with Gasteiger partial charge in [-0.05, 0) is 43.4 Å². The maximum absolute atomic E-state index is 6.04. The van der Waals surface area contributed by atoms with Gasteiger partial charge in [-0.15, -0.1) is 0 Å². The Morgan fingerprint density at radius 2 is 1.70 bits per heavy atom. The molecule has 0 spiro atoms. The molecule has 3 heteroatoms. The third-order valence-electron chi connectivity index (χ3n) is 4.94. The van der Waals surface area contributed by atoms with E-state index in [1.165, 1.54) is 6.42 Å². The molecule has 118 valence electrons. The highest BCUT2D eigenvalue weighted by molar-refractivity contribution is 4.90. The van der Waals surface area contributed by atoms with Gasteiger partial charge in [-0.1, -0.05) is 34.6 Å². The normalized spacial score (nSPS) is 34.6. The van der Waals surface area contributed by atoms with Crippen LogP contribution in [-0.4, -0.2) is 31.2 Å². The molecule has 2 fully saturated rings. The van der Waals surface area contributed by atoms with Crippen LogP contribution in [0.15, 0.2) is 0 Å². The minimum absolute atomic E-state index is 0.0885. The smallest absolute Gasteiger partial charge is 0.163 e. The molecule has 2 saturated heterocycles. The van der Waals surface area contributed by atoms with Crippen LogP contribution in [0.1, 0.15) is 61.3 Å². The fraction of sp³-hybridized carbons (Fsp3) is 1.00. The maximum Gasteiger partial charge on any atom is 0.163 e. The second kappa shape index (κ2) is 5.26. The largest absolute Gasteiger partial charge is 0.378 e. The minimum atomic E-state index is -0.438. The van der Waals surface area contributed by atoms with E-state index in [1.54, 1.807) is 0 Å². The first kappa shape index (κ1) is 16.3. The van der Waals surface area contributed by atoms with E-state index in [2.05, 4.69) is 34.6 Å². The molecule has 3 nitrogen and oxygen atoms in total. The van der Waals surface area contributed by atoms with E-state index in [4.69, 9.17) is 14.2 Å². The first-order valence-electron chi connectivity index (χ1n) is 7.93. The van der Waals surface area contributed by atoms with Crippen LogP contribution >= 0.6 is 0 Å². The summed E-state index contributed by atoms with van der Waals surface area (Å²) in [4.78, 5) is 0. The summed E-state index contributed by atoms with van der Waals surface area (Å²) in [7, 11) is 0. The Labute approximate surface area is 124 Å². The molecule has 2 aliphatic rings. The van der Waals surface area contributed by atoms with E-state index in [9.17, 15) is 0 Å². The minimum Gasteiger partial charge on any atom is -0.378 e. The van der Waals surface area contributed by atoms with Crippen molar-refractivity contribution >= 4 is 0 Å². The zero-order valence-corrected chi connectivity index (χ0v) is 14.3. The third kappa shape index (κ3) is 3.75. The fourth-order valence-electron chi connectivity index (χ4n) is 3.24. The average molecular weight is 284 g/mol. The van der Waals surface area contributed by atoms with Crippen molar-refractivity contribution in [1.29, 1.82) is 0 Å². The van der Waals surface area contributed by atoms with Gasteiger partial charge in [0.05, 0.1) is 25.4 Å². The molecule has 0 aromatic rings. The Bertz CT molecular complexity index is 341. The van der Waals surface area contributed by atoms with Crippen molar-refractivity contribution < 1.29 is 14.2 Å². The SMILES string of the molecule is CC1(C)OCC(C(C)(C)CC2CC(C(C)(C)C)CO2)O1. The van der Waals surface area contributed by atoms with Crippen LogP contribution < -0.4 is 0 Å². The molecule has 0 saturated carbocycles. The van der Waals surface area contributed by atoms with Crippen LogP contribution in [0.2, 0.25) is 0 Å². The highest BCUT2D eigenvalue weighted by Gasteiger charge is 2.44. The first-order valence-corrected chi connectivity index (χ1v) is 7.93. The van der Waals surface area contributed by atoms with E-state index < -0.39 is 5.79 Å². The van der Waals surface area contributed by atoms with Gasteiger partial charge in [0.1, 0.15) is 0 Å². The van der Waals surface area contributed by atoms with Gasteiger partial charge in [-0.2, -0.15) is 0 Å². The second-order valence-electron chi connectivity index (χ2n) is 8.76. The second-order valence-corrected chi connectivity index (χ2v) is 8.76. The fourth-order valence-corrected chi connectivity index (χ4v) is 3.24. The van der Waals surface area contributed by atoms with Gasteiger partial charge in [0.2, 0.25) is 0 Å². The molecular formula is C17H32O3. The van der Waals surface area contributed by atoms with Crippen molar-refractivity contribution in [3.05, 3.63) is 0 Å². The molecule has 0 bridgehead atoms. The molecule has 20 heavy (non-hydrogen) atoms. The van der Waals surface area contributed by atoms with Crippen molar-refractivity contribution in [2.45, 2.75) is 79.3 Å². The summed E-state index contributed by atoms with van der Waals surface area (Å²) < 4.78 is 17.8. The van der Waals surface area contributed by atoms with Gasteiger partial charge >= 0.3 is 0 Å². The van der Waals surface area contributed by atoms with Crippen molar-refractivity contribution in [3.8, 4) is 0 Å². The summed E-state index contributed by atoms with van der Waals surface area (Å²) in [5, 5.41) is 0. The van der Waals surface area contributed by atoms with E-state index in [0.29, 0.717) is 24.0 Å². The highest BCUT2D eigenvalue weighted by Crippen LogP contribution is 2.42. The zero-order valence-electron chi connectivity index (χ0n) is 14.3. The van der Waals surface area contributed by atoms with Crippen LogP contribution in [-0.2, 0) is 14.2 Å². The molecule has 3 unspecified atom stereocenters. The van der Waals surface area contributed by atoms with Gasteiger partial charge in [0.25, 0.3) is 0 Å². The lowest BCUT2D eigenvalue weighted by Gasteiger charge is -2.33. The van der Waals surface area contributed by atoms with Crippen LogP contribution in [0.3, 0.4) is 0 Å². The Balaban J connectivity index is 1.90. The molecule has 0 amide bonds. The van der Waals surface area contributed by atoms with Gasteiger partial charge in [-0.25, -0.2) is 0 Å². The molecular weight excluding hydrogens is 252 g/mol. The quantitative estimate of drug-likeness (QED) is 0.784. The number of hydrogen-bond donors (Lipinski definition) is 0. The topological polar surface area (TPSA) is 27.7 Å². The van der Waals surface area contributed by atoms with E-state index in [0.717, 1.165) is 13.0 Å². The Kier molecular flexibility index (Phi) is 4.27. The summed E-state index contributed by atoms with van der Waals surface area (Å²) >= 11 is 0. The lowest BCUT2D eigenvalue weighted by Crippen LogP contribution is -2.36. The molecule has 2 heterocycles. The van der Waals surface area contributed by atoms with Gasteiger partial charge < -0.3 is 14.2 Å². The standard InChI is InChI=1S/C17H32O3/c1-15(2,3)12-8-13(18-10-12)9-16(4,5)14-11-19-17(6,7)20-14/h12-14H,8-11H2,1-7H3. The van der Waals surface area contributed by atoms with Gasteiger partial charge in [-0.3, -0.25) is 0 Å². The van der Waals surface area contributed by atoms with Gasteiger partial charge in [0.15, 0.2) is 5.79 Å². The van der Waals surface area contributed by atoms with Gasteiger partial charge in [0, 0.05) is 0 Å². The summed E-state index contributed by atoms with van der Waals surface area (Å²) in [6.45, 7) is 17.1. The van der Waals surface area contributed by atoms with Crippen molar-refractivity contribution in [3.63, 3.8) is 0 Å². The molecule has 3 atom stereocenters. The van der Waals surface area contributed by atoms with E-state index >= 15 is 0 Å². The molecule has 0 aromatic carbocycles. The first-order chi connectivity index (χ1) is 9.00. The van der Waals surface area contributed by atoms with Crippen molar-refractivity contribution in [1.82, 2.24) is 0 Å². The lowest BCUT2D eigenvalue weighted by molar-refractivity contribution is -0.154. The van der Waals surface area contributed by atoms with Crippen LogP contribution in [0, 0.1) is 16.7 Å². The molecule has 2 rings (SSSR count). The zero-order chi connectivity index (χ0) is 15.2. The maximum atomic E-state index is 6.04. The summed E-state index contributed by atoms with van der Waals surface area (Å²) in [5.74, 6) is 0.229. The van der Waals surface area contributed by atoms with Crippen molar-refractivity contribution in [2.75, 3.05) is 13.2 Å². The van der Waals surface area contributed by atoms with Crippen LogP contribution in [0.5, 0.6) is 0 Å². The van der Waals surface area contributed by atoms with Crippen LogP contribution in [0.4, 0.5) is 0 Å². The summed E-state index contributed by atoms with van der Waals surface area (Å²) in [6.07, 6.45) is 2.74. The average Bonchev–Trinajstić information content (AvgIpc) is 2.83. The number of rotatable bonds is 3. The van der Waals surface area contributed by atoms with E-state index in [-0.39, 0.29) is 11.5 Å². The molecule has 0 aromatic heterocycles. The Hall–Kier alpha value is -0.120. The predicted octanol–water partition coefficient (Wildman–Crippen LogP) is 4.01. The number of hydrogen-bond acceptors (Lipinski definition) is 3. The molecule has 2 aliphatic heterocycles. The third-order valence-corrected chi connectivity index (χ3v) is 4.94. The monoisotopic (exact) mass is 284 g/mol. The summed E-state index contributed by atoms with van der Waals surface area (Å²) in [5.41, 5.74) is 0.430. The summed E-state index contributed by atoms with van der Waals surface area (Å²) in [6, 6.07) is 0. The van der Waals surface area contributed by atoms with Crippen molar-refractivity contribution in [2.24, 2.45) is 16.7 Å². The molecule has 0 radical (unpaired) electrons. The highest BCUT2D eigenvalue weighted by atomic mass is 16.7. The lowest BCUT2D eigenvalue weighted by atomic mass is 9.76. The van der Waals surface area contributed by atoms with E-state index in [1.807, 2.05) is 13.8 Å². The number of ether oxygens (including phenoxy) is 3. The molecule has 0 aliphatic carbocycles. The Morgan fingerprint density at radius 3 is 2.15 bits per heavy atom. The predicted molar refractivity (Wildman–Crippen MR) is 80.6 cm³/mol.